The second-order valence-corrected chi connectivity index (χ2v) is 5.96. The van der Waals surface area contributed by atoms with E-state index in [-0.39, 0.29) is 5.82 Å². The molecular weight excluding hydrogens is 251 g/mol. The fraction of sp³-hybridized carbons (Fsp3) is 0.647. The van der Waals surface area contributed by atoms with E-state index in [1.165, 1.54) is 32.1 Å². The molecule has 112 valence electrons. The molecule has 1 fully saturated rings. The molecule has 0 aromatic heterocycles. The molecule has 0 unspecified atom stereocenters. The molecule has 0 saturated heterocycles. The molecule has 2 rings (SSSR count). The summed E-state index contributed by atoms with van der Waals surface area (Å²) >= 11 is 0. The highest BCUT2D eigenvalue weighted by molar-refractivity contribution is 5.54. The molecule has 1 aromatic carbocycles. The van der Waals surface area contributed by atoms with Gasteiger partial charge in [-0.3, -0.25) is 0 Å². The third-order valence-electron chi connectivity index (χ3n) is 4.77. The van der Waals surface area contributed by atoms with Crippen molar-refractivity contribution >= 4 is 5.69 Å². The number of nitrogens with one attached hydrogen (secondary N) is 1. The van der Waals surface area contributed by atoms with Crippen LogP contribution < -0.4 is 10.2 Å². The molecule has 0 atom stereocenters. The second kappa shape index (κ2) is 7.07. The zero-order chi connectivity index (χ0) is 14.5. The first kappa shape index (κ1) is 15.3. The molecule has 2 nitrogen and oxygen atoms in total. The molecule has 0 radical (unpaired) electrons. The van der Waals surface area contributed by atoms with Crippen LogP contribution in [0.15, 0.2) is 18.2 Å². The fourth-order valence-corrected chi connectivity index (χ4v) is 3.37. The first-order valence-electron chi connectivity index (χ1n) is 7.82. The Kier molecular flexibility index (Phi) is 5.41. The molecule has 0 aliphatic heterocycles. The highest BCUT2D eigenvalue weighted by Crippen LogP contribution is 2.33. The van der Waals surface area contributed by atoms with E-state index in [0.717, 1.165) is 17.2 Å². The Morgan fingerprint density at radius 1 is 1.25 bits per heavy atom. The van der Waals surface area contributed by atoms with Crippen molar-refractivity contribution in [2.24, 2.45) is 5.92 Å². The third-order valence-corrected chi connectivity index (χ3v) is 4.77. The summed E-state index contributed by atoms with van der Waals surface area (Å²) in [7, 11) is 3.98. The molecule has 20 heavy (non-hydrogen) atoms. The smallest absolute Gasteiger partial charge is 0.129 e. The molecule has 0 amide bonds. The molecule has 3 heteroatoms. The first-order chi connectivity index (χ1) is 9.67. The Balaban J connectivity index is 2.13. The number of anilines is 1. The lowest BCUT2D eigenvalue weighted by Crippen LogP contribution is -2.36. The SMILES string of the molecule is CCC1CCC(N(C)c2cccc(F)c2CNC)CC1. The van der Waals surface area contributed by atoms with Crippen molar-refractivity contribution in [3.63, 3.8) is 0 Å². The average molecular weight is 278 g/mol. The largest absolute Gasteiger partial charge is 0.371 e. The molecule has 1 aliphatic rings. The molecule has 0 heterocycles. The second-order valence-electron chi connectivity index (χ2n) is 5.96. The van der Waals surface area contributed by atoms with Crippen molar-refractivity contribution in [2.75, 3.05) is 19.0 Å². The van der Waals surface area contributed by atoms with Crippen LogP contribution >= 0.6 is 0 Å². The molecule has 0 spiro atoms. The highest BCUT2D eigenvalue weighted by Gasteiger charge is 2.24. The predicted molar refractivity (Wildman–Crippen MR) is 83.6 cm³/mol. The van der Waals surface area contributed by atoms with Gasteiger partial charge in [-0.15, -0.1) is 0 Å². The van der Waals surface area contributed by atoms with Gasteiger partial charge in [0, 0.05) is 30.9 Å². The van der Waals surface area contributed by atoms with E-state index in [0.29, 0.717) is 12.6 Å². The Bertz CT molecular complexity index is 425. The minimum absolute atomic E-state index is 0.106. The Labute approximate surface area is 122 Å². The van der Waals surface area contributed by atoms with Gasteiger partial charge in [0.2, 0.25) is 0 Å². The topological polar surface area (TPSA) is 15.3 Å². The van der Waals surface area contributed by atoms with Gasteiger partial charge in [0.1, 0.15) is 5.82 Å². The van der Waals surface area contributed by atoms with Crippen molar-refractivity contribution in [3.05, 3.63) is 29.6 Å². The quantitative estimate of drug-likeness (QED) is 0.877. The maximum absolute atomic E-state index is 14.0. The normalized spacial score (nSPS) is 22.8. The predicted octanol–water partition coefficient (Wildman–Crippen LogP) is 3.95. The zero-order valence-corrected chi connectivity index (χ0v) is 13.0. The van der Waals surface area contributed by atoms with Gasteiger partial charge >= 0.3 is 0 Å². The molecule has 1 aromatic rings. The summed E-state index contributed by atoms with van der Waals surface area (Å²) in [5.74, 6) is 0.787. The van der Waals surface area contributed by atoms with E-state index < -0.39 is 0 Å². The summed E-state index contributed by atoms with van der Waals surface area (Å²) in [6.45, 7) is 2.86. The van der Waals surface area contributed by atoms with Crippen LogP contribution in [-0.2, 0) is 6.54 Å². The first-order valence-corrected chi connectivity index (χ1v) is 7.82. The monoisotopic (exact) mass is 278 g/mol. The van der Waals surface area contributed by atoms with Crippen LogP contribution in [0.4, 0.5) is 10.1 Å². The van der Waals surface area contributed by atoms with Gasteiger partial charge in [-0.25, -0.2) is 4.39 Å². The number of hydrogen-bond acceptors (Lipinski definition) is 2. The van der Waals surface area contributed by atoms with Crippen LogP contribution in [0.1, 0.15) is 44.6 Å². The van der Waals surface area contributed by atoms with E-state index in [1.54, 1.807) is 6.07 Å². The van der Waals surface area contributed by atoms with Crippen LogP contribution in [0.25, 0.3) is 0 Å². The van der Waals surface area contributed by atoms with E-state index in [1.807, 2.05) is 19.2 Å². The van der Waals surface area contributed by atoms with Crippen molar-refractivity contribution in [3.8, 4) is 0 Å². The summed E-state index contributed by atoms with van der Waals surface area (Å²) < 4.78 is 14.0. The van der Waals surface area contributed by atoms with Gasteiger partial charge in [-0.2, -0.15) is 0 Å². The Morgan fingerprint density at radius 2 is 1.95 bits per heavy atom. The third kappa shape index (κ3) is 3.32. The number of nitrogens with zero attached hydrogens (tertiary/aromatic N) is 1. The molecule has 0 bridgehead atoms. The average Bonchev–Trinajstić information content (AvgIpc) is 2.49. The Hall–Kier alpha value is -1.09. The summed E-state index contributed by atoms with van der Waals surface area (Å²) in [4.78, 5) is 2.29. The molecular formula is C17H27FN2. The van der Waals surface area contributed by atoms with Gasteiger partial charge in [-0.05, 0) is 50.8 Å². The van der Waals surface area contributed by atoms with Gasteiger partial charge < -0.3 is 10.2 Å². The highest BCUT2D eigenvalue weighted by atomic mass is 19.1. The standard InChI is InChI=1S/C17H27FN2/c1-4-13-8-10-14(11-9-13)20(3)17-7-5-6-16(18)15(17)12-19-2/h5-7,13-14,19H,4,8-12H2,1-3H3. The summed E-state index contributed by atoms with van der Waals surface area (Å²) in [6.07, 6.45) is 6.36. The van der Waals surface area contributed by atoms with Crippen LogP contribution in [0.3, 0.4) is 0 Å². The van der Waals surface area contributed by atoms with Gasteiger partial charge in [0.25, 0.3) is 0 Å². The number of rotatable bonds is 5. The van der Waals surface area contributed by atoms with Gasteiger partial charge in [-0.1, -0.05) is 19.4 Å². The van der Waals surface area contributed by atoms with E-state index in [4.69, 9.17) is 0 Å². The minimum Gasteiger partial charge on any atom is -0.371 e. The van der Waals surface area contributed by atoms with E-state index >= 15 is 0 Å². The molecule has 1 N–H and O–H groups in total. The van der Waals surface area contributed by atoms with Crippen LogP contribution in [0.2, 0.25) is 0 Å². The van der Waals surface area contributed by atoms with Crippen molar-refractivity contribution in [1.82, 2.24) is 5.32 Å². The molecule has 1 aliphatic carbocycles. The van der Waals surface area contributed by atoms with E-state index in [9.17, 15) is 4.39 Å². The minimum atomic E-state index is -0.106. The lowest BCUT2D eigenvalue weighted by molar-refractivity contribution is 0.313. The zero-order valence-electron chi connectivity index (χ0n) is 13.0. The van der Waals surface area contributed by atoms with E-state index in [2.05, 4.69) is 24.2 Å². The lowest BCUT2D eigenvalue weighted by Gasteiger charge is -2.36. The van der Waals surface area contributed by atoms with Crippen molar-refractivity contribution in [1.29, 1.82) is 0 Å². The van der Waals surface area contributed by atoms with Crippen molar-refractivity contribution < 1.29 is 4.39 Å². The van der Waals surface area contributed by atoms with Crippen molar-refractivity contribution in [2.45, 2.75) is 51.6 Å². The summed E-state index contributed by atoms with van der Waals surface area (Å²) in [6, 6.07) is 5.97. The van der Waals surface area contributed by atoms with Crippen LogP contribution in [0.5, 0.6) is 0 Å². The summed E-state index contributed by atoms with van der Waals surface area (Å²) in [5.41, 5.74) is 1.83. The Morgan fingerprint density at radius 3 is 2.55 bits per heavy atom. The summed E-state index contributed by atoms with van der Waals surface area (Å²) in [5, 5.41) is 3.07. The lowest BCUT2D eigenvalue weighted by atomic mass is 9.84. The number of benzene rings is 1. The number of halogens is 1. The van der Waals surface area contributed by atoms with Crippen LogP contribution in [0, 0.1) is 11.7 Å². The maximum atomic E-state index is 14.0. The maximum Gasteiger partial charge on any atom is 0.129 e. The van der Waals surface area contributed by atoms with Gasteiger partial charge in [0.05, 0.1) is 0 Å². The van der Waals surface area contributed by atoms with Crippen LogP contribution in [-0.4, -0.2) is 20.1 Å². The fourth-order valence-electron chi connectivity index (χ4n) is 3.37. The molecule has 1 saturated carbocycles. The van der Waals surface area contributed by atoms with Gasteiger partial charge in [0.15, 0.2) is 0 Å². The number of hydrogen-bond donors (Lipinski definition) is 1.